The Kier molecular flexibility index (Phi) is 9.27. The van der Waals surface area contributed by atoms with E-state index in [-0.39, 0.29) is 26.6 Å². The fourth-order valence-corrected chi connectivity index (χ4v) is 6.34. The van der Waals surface area contributed by atoms with Crippen LogP contribution in [0.4, 0.5) is 0 Å². The number of halogens is 2. The summed E-state index contributed by atoms with van der Waals surface area (Å²) < 4.78 is 0.224. The predicted octanol–water partition coefficient (Wildman–Crippen LogP) is 2.61. The van der Waals surface area contributed by atoms with Gasteiger partial charge in [-0.25, -0.2) is 0 Å². The fraction of sp³-hybridized carbons (Fsp3) is 0.818. The van der Waals surface area contributed by atoms with Crippen LogP contribution < -0.4 is 0 Å². The topological polar surface area (TPSA) is 54.4 Å². The van der Waals surface area contributed by atoms with Crippen LogP contribution in [0.2, 0.25) is 0 Å². The molecule has 1 saturated heterocycles. The Morgan fingerprint density at radius 3 is 2.74 bits per heavy atom. The quantitative estimate of drug-likeness (QED) is 0.669. The average Bonchev–Trinajstić information content (AvgIpc) is 2.85. The number of aliphatic hydroxyl groups excluding tert-OH is 1. The van der Waals surface area contributed by atoms with Crippen LogP contribution in [0.1, 0.15) is 12.8 Å². The molecule has 1 fully saturated rings. The molecule has 0 radical (unpaired) electrons. The van der Waals surface area contributed by atoms with Gasteiger partial charge in [-0.1, -0.05) is 11.8 Å². The Morgan fingerprint density at radius 2 is 2.11 bits per heavy atom. The molecule has 0 aromatic heterocycles. The van der Waals surface area contributed by atoms with E-state index in [9.17, 15) is 14.7 Å². The molecule has 3 nitrogen and oxygen atoms in total. The van der Waals surface area contributed by atoms with Crippen LogP contribution in [0.3, 0.4) is 0 Å². The number of carbonyl (C=O) groups is 2. The summed E-state index contributed by atoms with van der Waals surface area (Å²) in [5, 5.41) is 9.53. The van der Waals surface area contributed by atoms with E-state index in [0.717, 1.165) is 0 Å². The molecule has 19 heavy (non-hydrogen) atoms. The largest absolute Gasteiger partial charge is 0.385 e. The Morgan fingerprint density at radius 1 is 1.37 bits per heavy atom. The standard InChI is InChI=1S/C11H16Cl2O3S3/c12-3-1-7(14)11(16)8-5-18-10(19-8)6-17-9(15)2-4-13/h7-8,10,14H,1-6H2. The van der Waals surface area contributed by atoms with Gasteiger partial charge in [0.15, 0.2) is 10.9 Å². The summed E-state index contributed by atoms with van der Waals surface area (Å²) in [5.41, 5.74) is 0. The Bertz CT molecular complexity index is 318. The smallest absolute Gasteiger partial charge is 0.190 e. The minimum Gasteiger partial charge on any atom is -0.385 e. The van der Waals surface area contributed by atoms with Crippen molar-refractivity contribution in [1.29, 1.82) is 0 Å². The molecule has 8 heteroatoms. The van der Waals surface area contributed by atoms with Crippen LogP contribution in [0.5, 0.6) is 0 Å². The first-order valence-corrected chi connectivity index (χ1v) is 9.89. The molecule has 1 heterocycles. The maximum absolute atomic E-state index is 11.9. The van der Waals surface area contributed by atoms with Crippen LogP contribution in [0.15, 0.2) is 0 Å². The molecule has 0 saturated carbocycles. The molecule has 1 aliphatic heterocycles. The van der Waals surface area contributed by atoms with Crippen LogP contribution in [-0.2, 0) is 9.59 Å². The average molecular weight is 363 g/mol. The molecule has 0 spiro atoms. The lowest BCUT2D eigenvalue weighted by molar-refractivity contribution is -0.126. The third-order valence-corrected chi connectivity index (χ3v) is 7.53. The zero-order valence-corrected chi connectivity index (χ0v) is 14.2. The lowest BCUT2D eigenvalue weighted by Gasteiger charge is -2.13. The van der Waals surface area contributed by atoms with Gasteiger partial charge in [-0.3, -0.25) is 9.59 Å². The molecule has 0 aromatic rings. The van der Waals surface area contributed by atoms with Gasteiger partial charge < -0.3 is 5.11 Å². The lowest BCUT2D eigenvalue weighted by atomic mass is 10.1. The molecule has 0 amide bonds. The molecule has 1 rings (SSSR count). The van der Waals surface area contributed by atoms with Crippen molar-refractivity contribution in [2.75, 3.05) is 23.3 Å². The number of aliphatic hydroxyl groups is 1. The minimum atomic E-state index is -0.958. The second kappa shape index (κ2) is 9.79. The predicted molar refractivity (Wildman–Crippen MR) is 86.8 cm³/mol. The SMILES string of the molecule is O=C(CCCl)SCC1SCC(C(=O)C(O)CCCl)S1. The highest BCUT2D eigenvalue weighted by Gasteiger charge is 2.34. The van der Waals surface area contributed by atoms with Crippen LogP contribution in [0, 0.1) is 0 Å². The van der Waals surface area contributed by atoms with E-state index in [2.05, 4.69) is 0 Å². The first-order valence-electron chi connectivity index (χ1n) is 5.85. The summed E-state index contributed by atoms with van der Waals surface area (Å²) in [6.07, 6.45) is -0.277. The van der Waals surface area contributed by atoms with Gasteiger partial charge in [0.1, 0.15) is 6.10 Å². The molecule has 1 aliphatic rings. The monoisotopic (exact) mass is 362 g/mol. The number of ketones is 1. The van der Waals surface area contributed by atoms with Crippen molar-refractivity contribution in [2.45, 2.75) is 28.8 Å². The molecule has 1 N–H and O–H groups in total. The number of carbonyl (C=O) groups excluding carboxylic acids is 2. The van der Waals surface area contributed by atoms with Crippen molar-refractivity contribution < 1.29 is 14.7 Å². The molecule has 0 aromatic carbocycles. The van der Waals surface area contributed by atoms with Gasteiger partial charge in [-0.2, -0.15) is 0 Å². The van der Waals surface area contributed by atoms with Gasteiger partial charge in [0, 0.05) is 29.7 Å². The van der Waals surface area contributed by atoms with E-state index in [0.29, 0.717) is 30.2 Å². The minimum absolute atomic E-state index is 0.0909. The van der Waals surface area contributed by atoms with Crippen molar-refractivity contribution in [3.8, 4) is 0 Å². The van der Waals surface area contributed by atoms with Crippen molar-refractivity contribution in [2.24, 2.45) is 0 Å². The molecule has 3 atom stereocenters. The number of rotatable bonds is 8. The van der Waals surface area contributed by atoms with E-state index in [1.165, 1.54) is 23.5 Å². The van der Waals surface area contributed by atoms with E-state index in [1.54, 1.807) is 11.8 Å². The lowest BCUT2D eigenvalue weighted by Crippen LogP contribution is -2.30. The molecular formula is C11H16Cl2O3S3. The molecule has 0 bridgehead atoms. The summed E-state index contributed by atoms with van der Waals surface area (Å²) in [6, 6.07) is 0. The third kappa shape index (κ3) is 6.48. The van der Waals surface area contributed by atoms with E-state index in [4.69, 9.17) is 23.2 Å². The molecular weight excluding hydrogens is 347 g/mol. The van der Waals surface area contributed by atoms with Crippen molar-refractivity contribution in [3.63, 3.8) is 0 Å². The number of Topliss-reactive ketones (excluding diaryl/α,β-unsaturated/α-hetero) is 1. The van der Waals surface area contributed by atoms with Gasteiger partial charge >= 0.3 is 0 Å². The maximum atomic E-state index is 11.9. The van der Waals surface area contributed by atoms with E-state index in [1.807, 2.05) is 0 Å². The van der Waals surface area contributed by atoms with Crippen molar-refractivity contribution in [1.82, 2.24) is 0 Å². The molecule has 110 valence electrons. The van der Waals surface area contributed by atoms with Gasteiger partial charge in [-0.05, 0) is 6.42 Å². The fourth-order valence-electron chi connectivity index (χ4n) is 1.46. The van der Waals surface area contributed by atoms with Gasteiger partial charge in [0.25, 0.3) is 0 Å². The number of hydrogen-bond donors (Lipinski definition) is 1. The van der Waals surface area contributed by atoms with E-state index < -0.39 is 6.10 Å². The van der Waals surface area contributed by atoms with Crippen LogP contribution in [0.25, 0.3) is 0 Å². The third-order valence-electron chi connectivity index (χ3n) is 2.46. The van der Waals surface area contributed by atoms with Gasteiger partial charge in [-0.15, -0.1) is 46.7 Å². The zero-order valence-electron chi connectivity index (χ0n) is 10.2. The van der Waals surface area contributed by atoms with Crippen molar-refractivity contribution in [3.05, 3.63) is 0 Å². The first kappa shape index (κ1) is 18.0. The first-order chi connectivity index (χ1) is 9.08. The van der Waals surface area contributed by atoms with Crippen LogP contribution >= 0.6 is 58.5 Å². The zero-order chi connectivity index (χ0) is 14.3. The number of alkyl halides is 2. The second-order valence-corrected chi connectivity index (χ2v) is 8.68. The number of thioether (sulfide) groups is 3. The second-order valence-electron chi connectivity index (χ2n) is 3.91. The van der Waals surface area contributed by atoms with Crippen molar-refractivity contribution >= 4 is 69.4 Å². The van der Waals surface area contributed by atoms with Crippen LogP contribution in [-0.4, -0.2) is 55.2 Å². The van der Waals surface area contributed by atoms with Gasteiger partial charge in [0.2, 0.25) is 0 Å². The normalized spacial score (nSPS) is 24.4. The van der Waals surface area contributed by atoms with E-state index >= 15 is 0 Å². The summed E-state index contributed by atoms with van der Waals surface area (Å²) in [4.78, 5) is 23.2. The highest BCUT2D eigenvalue weighted by Crippen LogP contribution is 2.40. The highest BCUT2D eigenvalue weighted by molar-refractivity contribution is 8.23. The summed E-state index contributed by atoms with van der Waals surface area (Å²) in [5.74, 6) is 1.86. The maximum Gasteiger partial charge on any atom is 0.190 e. The molecule has 0 aliphatic carbocycles. The summed E-state index contributed by atoms with van der Waals surface area (Å²) in [7, 11) is 0. The van der Waals surface area contributed by atoms with Gasteiger partial charge in [0.05, 0.1) is 9.83 Å². The Labute approximate surface area is 135 Å². The number of hydrogen-bond acceptors (Lipinski definition) is 6. The Balaban J connectivity index is 2.29. The highest BCUT2D eigenvalue weighted by atomic mass is 35.5. The molecule has 3 unspecified atom stereocenters. The summed E-state index contributed by atoms with van der Waals surface area (Å²) in [6.45, 7) is 0. The Hall–Kier alpha value is 0.930. The summed E-state index contributed by atoms with van der Waals surface area (Å²) >= 11 is 15.5.